The largest absolute Gasteiger partial charge is 0.476 e. The zero-order valence-corrected chi connectivity index (χ0v) is 9.70. The second kappa shape index (κ2) is 4.89. The van der Waals surface area contributed by atoms with Gasteiger partial charge in [0.1, 0.15) is 5.82 Å². The van der Waals surface area contributed by atoms with Crippen LogP contribution in [0.2, 0.25) is 0 Å². The molecule has 0 aliphatic carbocycles. The van der Waals surface area contributed by atoms with E-state index in [1.165, 1.54) is 17.3 Å². The van der Waals surface area contributed by atoms with Gasteiger partial charge in [0, 0.05) is 11.3 Å². The van der Waals surface area contributed by atoms with Crippen LogP contribution in [0.5, 0.6) is 5.88 Å². The summed E-state index contributed by atoms with van der Waals surface area (Å²) in [6.45, 7) is 2.57. The molecule has 0 unspecified atom stereocenters. The maximum Gasteiger partial charge on any atom is 0.232 e. The van der Waals surface area contributed by atoms with Crippen LogP contribution in [0.4, 0.5) is 5.82 Å². The Kier molecular flexibility index (Phi) is 3.31. The molecule has 2 aromatic heterocycles. The summed E-state index contributed by atoms with van der Waals surface area (Å²) in [7, 11) is 0. The van der Waals surface area contributed by atoms with Crippen molar-refractivity contribution in [1.29, 1.82) is 0 Å². The predicted molar refractivity (Wildman–Crippen MR) is 62.5 cm³/mol. The van der Waals surface area contributed by atoms with E-state index in [4.69, 9.17) is 10.5 Å². The monoisotopic (exact) mass is 236 g/mol. The molecular weight excluding hydrogens is 224 g/mol. The van der Waals surface area contributed by atoms with Gasteiger partial charge in [-0.1, -0.05) is 0 Å². The Balaban J connectivity index is 1.84. The number of nitrogens with two attached hydrogens (primary N) is 1. The molecule has 2 aromatic rings. The first-order valence-corrected chi connectivity index (χ1v) is 5.73. The normalized spacial score (nSPS) is 10.3. The number of thiazole rings is 1. The Labute approximate surface area is 97.3 Å². The van der Waals surface area contributed by atoms with Gasteiger partial charge in [0.15, 0.2) is 0 Å². The smallest absolute Gasteiger partial charge is 0.232 e. The fraction of sp³-hybridized carbons (Fsp3) is 0.300. The lowest BCUT2D eigenvalue weighted by Crippen LogP contribution is -2.03. The van der Waals surface area contributed by atoms with Gasteiger partial charge in [0.2, 0.25) is 5.88 Å². The van der Waals surface area contributed by atoms with E-state index in [2.05, 4.69) is 15.0 Å². The lowest BCUT2D eigenvalue weighted by molar-refractivity contribution is 0.309. The van der Waals surface area contributed by atoms with Crippen LogP contribution in [0.1, 0.15) is 10.6 Å². The lowest BCUT2D eigenvalue weighted by Gasteiger charge is -2.03. The average molecular weight is 236 g/mol. The van der Waals surface area contributed by atoms with Crippen LogP contribution >= 0.6 is 11.3 Å². The molecule has 16 heavy (non-hydrogen) atoms. The van der Waals surface area contributed by atoms with Gasteiger partial charge in [-0.2, -0.15) is 0 Å². The summed E-state index contributed by atoms with van der Waals surface area (Å²) in [4.78, 5) is 13.3. The Hall–Kier alpha value is -1.69. The van der Waals surface area contributed by atoms with Gasteiger partial charge < -0.3 is 10.5 Å². The van der Waals surface area contributed by atoms with Crippen molar-refractivity contribution < 1.29 is 4.74 Å². The van der Waals surface area contributed by atoms with Crippen molar-refractivity contribution in [3.63, 3.8) is 0 Å². The third-order valence-corrected chi connectivity index (χ3v) is 3.07. The molecule has 0 radical (unpaired) electrons. The lowest BCUT2D eigenvalue weighted by atomic mass is 10.3. The zero-order chi connectivity index (χ0) is 11.4. The molecule has 0 fully saturated rings. The fourth-order valence-electron chi connectivity index (χ4n) is 1.22. The van der Waals surface area contributed by atoms with E-state index in [1.54, 1.807) is 11.3 Å². The molecule has 84 valence electrons. The van der Waals surface area contributed by atoms with E-state index in [9.17, 15) is 0 Å². The predicted octanol–water partition coefficient (Wildman–Crippen LogP) is 1.45. The highest BCUT2D eigenvalue weighted by Gasteiger charge is 2.02. The Morgan fingerprint density at radius 1 is 1.31 bits per heavy atom. The molecule has 0 amide bonds. The number of ether oxygens (including phenoxy) is 1. The van der Waals surface area contributed by atoms with Crippen LogP contribution in [-0.4, -0.2) is 21.6 Å². The quantitative estimate of drug-likeness (QED) is 0.869. The van der Waals surface area contributed by atoms with E-state index in [-0.39, 0.29) is 0 Å². The molecule has 2 N–H and O–H groups in total. The van der Waals surface area contributed by atoms with Crippen molar-refractivity contribution in [3.8, 4) is 5.88 Å². The van der Waals surface area contributed by atoms with Crippen LogP contribution in [0.25, 0.3) is 0 Å². The summed E-state index contributed by atoms with van der Waals surface area (Å²) in [6.07, 6.45) is 3.84. The minimum atomic E-state index is 0.394. The number of nitrogen functional groups attached to an aromatic ring is 1. The fourth-order valence-corrected chi connectivity index (χ4v) is 1.98. The number of nitrogens with zero attached hydrogens (tertiary/aromatic N) is 3. The van der Waals surface area contributed by atoms with Gasteiger partial charge in [-0.15, -0.1) is 11.3 Å². The first-order valence-electron chi connectivity index (χ1n) is 4.85. The standard InChI is InChI=1S/C10H12N4OS/c1-7-8(16-6-14-7)2-3-15-10-5-12-9(11)4-13-10/h4-6H,2-3H2,1H3,(H2,11,12). The van der Waals surface area contributed by atoms with Crippen LogP contribution in [-0.2, 0) is 6.42 Å². The van der Waals surface area contributed by atoms with Gasteiger partial charge in [-0.25, -0.2) is 15.0 Å². The number of aromatic nitrogens is 3. The molecule has 0 saturated carbocycles. The minimum absolute atomic E-state index is 0.394. The molecule has 0 aliphatic rings. The topological polar surface area (TPSA) is 73.9 Å². The van der Waals surface area contributed by atoms with Crippen molar-refractivity contribution in [1.82, 2.24) is 15.0 Å². The van der Waals surface area contributed by atoms with Crippen molar-refractivity contribution in [2.45, 2.75) is 13.3 Å². The Bertz CT molecular complexity index is 454. The van der Waals surface area contributed by atoms with Crippen LogP contribution < -0.4 is 10.5 Å². The highest BCUT2D eigenvalue weighted by molar-refractivity contribution is 7.09. The molecular formula is C10H12N4OS. The number of rotatable bonds is 4. The molecule has 2 rings (SSSR count). The molecule has 0 saturated heterocycles. The van der Waals surface area contributed by atoms with Crippen molar-refractivity contribution in [3.05, 3.63) is 28.5 Å². The minimum Gasteiger partial charge on any atom is -0.476 e. The van der Waals surface area contributed by atoms with E-state index < -0.39 is 0 Å². The van der Waals surface area contributed by atoms with Gasteiger partial charge in [0.25, 0.3) is 0 Å². The second-order valence-corrected chi connectivity index (χ2v) is 4.18. The van der Waals surface area contributed by atoms with Gasteiger partial charge in [-0.3, -0.25) is 0 Å². The van der Waals surface area contributed by atoms with Crippen LogP contribution in [0.3, 0.4) is 0 Å². The first kappa shape index (κ1) is 10.8. The summed E-state index contributed by atoms with van der Waals surface area (Å²) in [6, 6.07) is 0. The molecule has 0 aromatic carbocycles. The van der Waals surface area contributed by atoms with E-state index in [1.807, 2.05) is 12.4 Å². The number of aryl methyl sites for hydroxylation is 1. The third-order valence-electron chi connectivity index (χ3n) is 2.07. The first-order chi connectivity index (χ1) is 7.75. The van der Waals surface area contributed by atoms with Crippen molar-refractivity contribution >= 4 is 17.2 Å². The van der Waals surface area contributed by atoms with Crippen LogP contribution in [0.15, 0.2) is 17.9 Å². The van der Waals surface area contributed by atoms with Crippen molar-refractivity contribution in [2.75, 3.05) is 12.3 Å². The SMILES string of the molecule is Cc1ncsc1CCOc1cnc(N)cn1. The summed E-state index contributed by atoms with van der Waals surface area (Å²) in [5.74, 6) is 0.891. The number of anilines is 1. The van der Waals surface area contributed by atoms with E-state index in [0.29, 0.717) is 18.3 Å². The second-order valence-electron chi connectivity index (χ2n) is 3.24. The highest BCUT2D eigenvalue weighted by Crippen LogP contribution is 2.13. The summed E-state index contributed by atoms with van der Waals surface area (Å²) < 4.78 is 5.44. The third kappa shape index (κ3) is 2.66. The van der Waals surface area contributed by atoms with Gasteiger partial charge in [-0.05, 0) is 6.92 Å². The average Bonchev–Trinajstić information content (AvgIpc) is 2.68. The molecule has 0 atom stereocenters. The molecule has 0 bridgehead atoms. The molecule has 0 aliphatic heterocycles. The Morgan fingerprint density at radius 3 is 2.81 bits per heavy atom. The number of hydrogen-bond acceptors (Lipinski definition) is 6. The maximum atomic E-state index is 5.44. The van der Waals surface area contributed by atoms with Gasteiger partial charge >= 0.3 is 0 Å². The Morgan fingerprint density at radius 2 is 2.19 bits per heavy atom. The van der Waals surface area contributed by atoms with Gasteiger partial charge in [0.05, 0.1) is 30.2 Å². The summed E-state index contributed by atoms with van der Waals surface area (Å²) >= 11 is 1.64. The molecule has 5 nitrogen and oxygen atoms in total. The van der Waals surface area contributed by atoms with Crippen molar-refractivity contribution in [2.24, 2.45) is 0 Å². The highest BCUT2D eigenvalue weighted by atomic mass is 32.1. The summed E-state index contributed by atoms with van der Waals surface area (Å²) in [5, 5.41) is 0. The summed E-state index contributed by atoms with van der Waals surface area (Å²) in [5.41, 5.74) is 8.32. The maximum absolute atomic E-state index is 5.44. The number of hydrogen-bond donors (Lipinski definition) is 1. The molecule has 2 heterocycles. The molecule has 0 spiro atoms. The van der Waals surface area contributed by atoms with E-state index in [0.717, 1.165) is 12.1 Å². The zero-order valence-electron chi connectivity index (χ0n) is 8.88. The van der Waals surface area contributed by atoms with Crippen LogP contribution in [0, 0.1) is 6.92 Å². The van der Waals surface area contributed by atoms with E-state index >= 15 is 0 Å². The molecule has 6 heteroatoms.